The van der Waals surface area contributed by atoms with Gasteiger partial charge in [0, 0.05) is 5.56 Å². The van der Waals surface area contributed by atoms with E-state index in [2.05, 4.69) is 11.4 Å². The second-order valence-corrected chi connectivity index (χ2v) is 6.66. The molecule has 0 radical (unpaired) electrons. The molecule has 0 unspecified atom stereocenters. The standard InChI is InChI=1S/C19H19N3O4S/c1-3-8-26-16(23)11-27-19-14(10-21)17(13(9-20)18(24)22-19)12-6-4-5-7-15(12)25-2/h4-7,13,17H,3,8,11H2,1-2H3,(H,22,24)/t13-,17+/m0/s1. The summed E-state index contributed by atoms with van der Waals surface area (Å²) in [5.74, 6) is -2.37. The molecule has 1 N–H and O–H groups in total. The van der Waals surface area contributed by atoms with Crippen LogP contribution in [0.3, 0.4) is 0 Å². The molecule has 1 heterocycles. The summed E-state index contributed by atoms with van der Waals surface area (Å²) < 4.78 is 10.4. The molecule has 0 aliphatic carbocycles. The van der Waals surface area contributed by atoms with Crippen molar-refractivity contribution in [3.05, 3.63) is 40.4 Å². The van der Waals surface area contributed by atoms with Crippen molar-refractivity contribution in [2.45, 2.75) is 19.3 Å². The van der Waals surface area contributed by atoms with Crippen LogP contribution in [0.2, 0.25) is 0 Å². The number of esters is 1. The van der Waals surface area contributed by atoms with Gasteiger partial charge >= 0.3 is 5.97 Å². The molecule has 0 spiro atoms. The van der Waals surface area contributed by atoms with Crippen LogP contribution in [0.4, 0.5) is 0 Å². The fourth-order valence-corrected chi connectivity index (χ4v) is 3.58. The van der Waals surface area contributed by atoms with Gasteiger partial charge in [-0.25, -0.2) is 0 Å². The van der Waals surface area contributed by atoms with Gasteiger partial charge < -0.3 is 14.8 Å². The van der Waals surface area contributed by atoms with Crippen LogP contribution in [-0.2, 0) is 14.3 Å². The van der Waals surface area contributed by atoms with E-state index in [9.17, 15) is 20.1 Å². The van der Waals surface area contributed by atoms with Crippen LogP contribution >= 0.6 is 11.8 Å². The molecule has 1 amide bonds. The number of nitriles is 2. The molecule has 7 nitrogen and oxygen atoms in total. The maximum absolute atomic E-state index is 12.4. The van der Waals surface area contributed by atoms with E-state index in [1.54, 1.807) is 24.3 Å². The summed E-state index contributed by atoms with van der Waals surface area (Å²) in [5.41, 5.74) is 0.795. The Bertz CT molecular complexity index is 838. The monoisotopic (exact) mass is 385 g/mol. The second kappa shape index (κ2) is 9.65. The number of nitrogens with one attached hydrogen (secondary N) is 1. The van der Waals surface area contributed by atoms with E-state index in [0.717, 1.165) is 11.8 Å². The smallest absolute Gasteiger partial charge is 0.316 e. The number of amides is 1. The molecule has 2 atom stereocenters. The topological polar surface area (TPSA) is 112 Å². The van der Waals surface area contributed by atoms with Gasteiger partial charge in [0.2, 0.25) is 5.91 Å². The number of hydrogen-bond acceptors (Lipinski definition) is 7. The minimum atomic E-state index is -1.08. The van der Waals surface area contributed by atoms with Gasteiger partial charge in [0.05, 0.1) is 48.1 Å². The van der Waals surface area contributed by atoms with Crippen molar-refractivity contribution < 1.29 is 19.1 Å². The molecule has 0 bridgehead atoms. The van der Waals surface area contributed by atoms with Crippen LogP contribution in [-0.4, -0.2) is 31.3 Å². The van der Waals surface area contributed by atoms with Gasteiger partial charge in [0.25, 0.3) is 0 Å². The molecule has 0 fully saturated rings. The summed E-state index contributed by atoms with van der Waals surface area (Å²) >= 11 is 1.02. The minimum absolute atomic E-state index is 0.0450. The quantitative estimate of drug-likeness (QED) is 0.717. The van der Waals surface area contributed by atoms with E-state index in [-0.39, 0.29) is 16.4 Å². The van der Waals surface area contributed by atoms with Gasteiger partial charge in [-0.2, -0.15) is 10.5 Å². The number of carbonyl (C=O) groups is 2. The lowest BCUT2D eigenvalue weighted by molar-refractivity contribution is -0.140. The van der Waals surface area contributed by atoms with E-state index in [1.165, 1.54) is 7.11 Å². The van der Waals surface area contributed by atoms with E-state index < -0.39 is 23.7 Å². The first-order valence-corrected chi connectivity index (χ1v) is 9.32. The van der Waals surface area contributed by atoms with Crippen molar-refractivity contribution >= 4 is 23.6 Å². The zero-order valence-corrected chi connectivity index (χ0v) is 15.8. The summed E-state index contributed by atoms with van der Waals surface area (Å²) in [6.07, 6.45) is 0.707. The molecular weight excluding hydrogens is 366 g/mol. The zero-order valence-electron chi connectivity index (χ0n) is 15.0. The SMILES string of the molecule is CCCOC(=O)CSC1=C(C#N)[C@H](c2ccccc2OC)[C@H](C#N)C(=O)N1. The Labute approximate surface area is 161 Å². The Balaban J connectivity index is 2.42. The zero-order chi connectivity index (χ0) is 19.8. The van der Waals surface area contributed by atoms with Crippen LogP contribution in [0.5, 0.6) is 5.75 Å². The Morgan fingerprint density at radius 3 is 2.70 bits per heavy atom. The van der Waals surface area contributed by atoms with E-state index >= 15 is 0 Å². The highest BCUT2D eigenvalue weighted by molar-refractivity contribution is 8.03. The molecule has 27 heavy (non-hydrogen) atoms. The number of rotatable bonds is 7. The van der Waals surface area contributed by atoms with E-state index in [4.69, 9.17) is 9.47 Å². The molecular formula is C19H19N3O4S. The Morgan fingerprint density at radius 2 is 2.07 bits per heavy atom. The van der Waals surface area contributed by atoms with Crippen LogP contribution < -0.4 is 10.1 Å². The molecule has 140 valence electrons. The minimum Gasteiger partial charge on any atom is -0.496 e. The van der Waals surface area contributed by atoms with Gasteiger partial charge in [-0.15, -0.1) is 0 Å². The van der Waals surface area contributed by atoms with Gasteiger partial charge in [-0.05, 0) is 12.5 Å². The van der Waals surface area contributed by atoms with Crippen molar-refractivity contribution in [1.82, 2.24) is 5.32 Å². The third kappa shape index (κ3) is 4.60. The predicted molar refractivity (Wildman–Crippen MR) is 99.3 cm³/mol. The third-order valence-electron chi connectivity index (χ3n) is 3.94. The first kappa shape index (κ1) is 20.3. The first-order chi connectivity index (χ1) is 13.1. The molecule has 1 aromatic rings. The van der Waals surface area contributed by atoms with Gasteiger partial charge in [0.1, 0.15) is 11.7 Å². The van der Waals surface area contributed by atoms with Crippen molar-refractivity contribution in [2.75, 3.05) is 19.5 Å². The van der Waals surface area contributed by atoms with E-state index in [0.29, 0.717) is 24.3 Å². The van der Waals surface area contributed by atoms with Crippen molar-refractivity contribution in [3.8, 4) is 17.9 Å². The number of nitrogens with zero attached hydrogens (tertiary/aromatic N) is 2. The number of carbonyl (C=O) groups excluding carboxylic acids is 2. The molecule has 1 aromatic carbocycles. The lowest BCUT2D eigenvalue weighted by atomic mass is 9.79. The van der Waals surface area contributed by atoms with Crippen molar-refractivity contribution in [3.63, 3.8) is 0 Å². The van der Waals surface area contributed by atoms with Gasteiger partial charge in [-0.1, -0.05) is 36.9 Å². The summed E-state index contributed by atoms with van der Waals surface area (Å²) in [6, 6.07) is 11.0. The molecule has 0 saturated heterocycles. The average molecular weight is 385 g/mol. The highest BCUT2D eigenvalue weighted by atomic mass is 32.2. The van der Waals surface area contributed by atoms with Gasteiger partial charge in [-0.3, -0.25) is 9.59 Å². The van der Waals surface area contributed by atoms with E-state index in [1.807, 2.05) is 13.0 Å². The Kier molecular flexibility index (Phi) is 7.27. The van der Waals surface area contributed by atoms with Crippen LogP contribution in [0.15, 0.2) is 34.9 Å². The summed E-state index contributed by atoms with van der Waals surface area (Å²) in [5, 5.41) is 22.1. The predicted octanol–water partition coefficient (Wildman–Crippen LogP) is 2.47. The fourth-order valence-electron chi connectivity index (χ4n) is 2.73. The maximum atomic E-state index is 12.4. The fraction of sp³-hybridized carbons (Fsp3) is 0.368. The molecule has 2 rings (SSSR count). The maximum Gasteiger partial charge on any atom is 0.316 e. The number of para-hydroxylation sites is 1. The largest absolute Gasteiger partial charge is 0.496 e. The lowest BCUT2D eigenvalue weighted by Crippen LogP contribution is -2.39. The number of methoxy groups -OCH3 is 1. The molecule has 0 aromatic heterocycles. The summed E-state index contributed by atoms with van der Waals surface area (Å²) in [7, 11) is 1.48. The number of thioether (sulfide) groups is 1. The molecule has 1 aliphatic heterocycles. The lowest BCUT2D eigenvalue weighted by Gasteiger charge is -2.29. The highest BCUT2D eigenvalue weighted by Crippen LogP contribution is 2.42. The summed E-state index contributed by atoms with van der Waals surface area (Å²) in [4.78, 5) is 24.2. The molecule has 8 heteroatoms. The third-order valence-corrected chi connectivity index (χ3v) is 4.93. The second-order valence-electron chi connectivity index (χ2n) is 5.68. The highest BCUT2D eigenvalue weighted by Gasteiger charge is 2.40. The Morgan fingerprint density at radius 1 is 1.33 bits per heavy atom. The van der Waals surface area contributed by atoms with Crippen LogP contribution in [0.1, 0.15) is 24.8 Å². The molecule has 1 aliphatic rings. The normalized spacial score (nSPS) is 18.9. The van der Waals surface area contributed by atoms with Crippen LogP contribution in [0, 0.1) is 28.6 Å². The van der Waals surface area contributed by atoms with Gasteiger partial charge in [0.15, 0.2) is 0 Å². The number of hydrogen-bond donors (Lipinski definition) is 1. The first-order valence-electron chi connectivity index (χ1n) is 8.33. The van der Waals surface area contributed by atoms with Crippen LogP contribution in [0.25, 0.3) is 0 Å². The molecule has 0 saturated carbocycles. The van der Waals surface area contributed by atoms with Crippen molar-refractivity contribution in [1.29, 1.82) is 10.5 Å². The average Bonchev–Trinajstić information content (AvgIpc) is 2.69. The number of ether oxygens (including phenoxy) is 2. The Hall–Kier alpha value is -2.97. The number of allylic oxidation sites excluding steroid dienone is 1. The summed E-state index contributed by atoms with van der Waals surface area (Å²) in [6.45, 7) is 2.20. The van der Waals surface area contributed by atoms with Crippen molar-refractivity contribution in [2.24, 2.45) is 5.92 Å². The number of benzene rings is 1.